The SMILES string of the molecule is CC(C)CN1C(=O)CC[C@@H](C(=O)NCCCN(C)Cc2ccccc2)[C@H]1C. The van der Waals surface area contributed by atoms with Gasteiger partial charge in [0.25, 0.3) is 0 Å². The number of benzene rings is 1. The lowest BCUT2D eigenvalue weighted by atomic mass is 9.88. The quantitative estimate of drug-likeness (QED) is 0.677. The van der Waals surface area contributed by atoms with Gasteiger partial charge < -0.3 is 15.1 Å². The van der Waals surface area contributed by atoms with E-state index in [-0.39, 0.29) is 23.8 Å². The van der Waals surface area contributed by atoms with Crippen LogP contribution in [-0.2, 0) is 16.1 Å². The summed E-state index contributed by atoms with van der Waals surface area (Å²) in [6.07, 6.45) is 2.06. The average Bonchev–Trinajstić information content (AvgIpc) is 2.63. The number of hydrogen-bond donors (Lipinski definition) is 1. The molecule has 2 rings (SSSR count). The highest BCUT2D eigenvalue weighted by molar-refractivity contribution is 5.84. The maximum absolute atomic E-state index is 12.6. The van der Waals surface area contributed by atoms with Crippen LogP contribution in [0.5, 0.6) is 0 Å². The van der Waals surface area contributed by atoms with Gasteiger partial charge in [0.2, 0.25) is 11.8 Å². The zero-order valence-electron chi connectivity index (χ0n) is 17.3. The van der Waals surface area contributed by atoms with E-state index in [0.717, 1.165) is 26.1 Å². The minimum atomic E-state index is -0.0940. The Morgan fingerprint density at radius 2 is 2.00 bits per heavy atom. The van der Waals surface area contributed by atoms with Gasteiger partial charge in [0.15, 0.2) is 0 Å². The molecule has 2 atom stereocenters. The monoisotopic (exact) mass is 373 g/mol. The van der Waals surface area contributed by atoms with E-state index in [9.17, 15) is 9.59 Å². The summed E-state index contributed by atoms with van der Waals surface area (Å²) in [5.41, 5.74) is 1.30. The molecule has 5 nitrogen and oxygen atoms in total. The number of piperidine rings is 1. The van der Waals surface area contributed by atoms with Gasteiger partial charge in [-0.2, -0.15) is 0 Å². The van der Waals surface area contributed by atoms with Crippen LogP contribution in [0.3, 0.4) is 0 Å². The number of amides is 2. The van der Waals surface area contributed by atoms with E-state index in [1.165, 1.54) is 5.56 Å². The van der Waals surface area contributed by atoms with Crippen LogP contribution in [-0.4, -0.2) is 54.3 Å². The van der Waals surface area contributed by atoms with Crippen LogP contribution in [0.1, 0.15) is 45.6 Å². The lowest BCUT2D eigenvalue weighted by Gasteiger charge is -2.39. The third kappa shape index (κ3) is 6.65. The molecule has 1 aromatic carbocycles. The number of carbonyl (C=O) groups excluding carboxylic acids is 2. The Labute approximate surface area is 164 Å². The first-order valence-electron chi connectivity index (χ1n) is 10.2. The van der Waals surface area contributed by atoms with Crippen LogP contribution in [0.15, 0.2) is 30.3 Å². The summed E-state index contributed by atoms with van der Waals surface area (Å²) in [6.45, 7) is 9.49. The maximum atomic E-state index is 12.6. The second kappa shape index (κ2) is 10.5. The smallest absolute Gasteiger partial charge is 0.225 e. The van der Waals surface area contributed by atoms with Crippen molar-refractivity contribution in [1.82, 2.24) is 15.1 Å². The molecule has 0 bridgehead atoms. The zero-order valence-corrected chi connectivity index (χ0v) is 17.3. The van der Waals surface area contributed by atoms with Gasteiger partial charge >= 0.3 is 0 Å². The average molecular weight is 374 g/mol. The van der Waals surface area contributed by atoms with Gasteiger partial charge in [-0.1, -0.05) is 44.2 Å². The van der Waals surface area contributed by atoms with Gasteiger partial charge in [-0.25, -0.2) is 0 Å². The molecule has 1 aliphatic heterocycles. The molecular weight excluding hydrogens is 338 g/mol. The lowest BCUT2D eigenvalue weighted by Crippen LogP contribution is -2.52. The Balaban J connectivity index is 1.72. The Bertz CT molecular complexity index is 603. The van der Waals surface area contributed by atoms with Gasteiger partial charge in [-0.05, 0) is 44.8 Å². The van der Waals surface area contributed by atoms with Crippen molar-refractivity contribution in [2.24, 2.45) is 11.8 Å². The molecular formula is C22H35N3O2. The molecule has 5 heteroatoms. The van der Waals surface area contributed by atoms with E-state index in [0.29, 0.717) is 25.3 Å². The molecule has 1 saturated heterocycles. The van der Waals surface area contributed by atoms with E-state index in [4.69, 9.17) is 0 Å². The minimum absolute atomic E-state index is 0.0191. The second-order valence-electron chi connectivity index (χ2n) is 8.19. The van der Waals surface area contributed by atoms with E-state index in [1.807, 2.05) is 17.9 Å². The van der Waals surface area contributed by atoms with E-state index in [1.54, 1.807) is 0 Å². The summed E-state index contributed by atoms with van der Waals surface area (Å²) in [4.78, 5) is 29.0. The van der Waals surface area contributed by atoms with Crippen molar-refractivity contribution in [3.05, 3.63) is 35.9 Å². The molecule has 0 saturated carbocycles. The fourth-order valence-electron chi connectivity index (χ4n) is 3.79. The summed E-state index contributed by atoms with van der Waals surface area (Å²) >= 11 is 0. The predicted molar refractivity (Wildman–Crippen MR) is 109 cm³/mol. The minimum Gasteiger partial charge on any atom is -0.356 e. The number of hydrogen-bond acceptors (Lipinski definition) is 3. The Morgan fingerprint density at radius 1 is 1.30 bits per heavy atom. The third-order valence-corrected chi connectivity index (χ3v) is 5.27. The van der Waals surface area contributed by atoms with Crippen LogP contribution < -0.4 is 5.32 Å². The van der Waals surface area contributed by atoms with Crippen LogP contribution in [0.4, 0.5) is 0 Å². The van der Waals surface area contributed by atoms with Gasteiger partial charge in [0, 0.05) is 32.1 Å². The number of nitrogens with one attached hydrogen (secondary N) is 1. The maximum Gasteiger partial charge on any atom is 0.225 e. The lowest BCUT2D eigenvalue weighted by molar-refractivity contribution is -0.143. The molecule has 1 fully saturated rings. The van der Waals surface area contributed by atoms with Crippen LogP contribution in [0, 0.1) is 11.8 Å². The van der Waals surface area contributed by atoms with Gasteiger partial charge in [-0.3, -0.25) is 9.59 Å². The topological polar surface area (TPSA) is 52.7 Å². The molecule has 1 heterocycles. The molecule has 0 radical (unpaired) electrons. The summed E-state index contributed by atoms with van der Waals surface area (Å²) in [6, 6.07) is 10.4. The predicted octanol–water partition coefficient (Wildman–Crippen LogP) is 2.91. The summed E-state index contributed by atoms with van der Waals surface area (Å²) < 4.78 is 0. The van der Waals surface area contributed by atoms with Crippen molar-refractivity contribution in [2.45, 2.75) is 52.6 Å². The van der Waals surface area contributed by atoms with Crippen LogP contribution in [0.2, 0.25) is 0 Å². The Hall–Kier alpha value is -1.88. The molecule has 0 unspecified atom stereocenters. The largest absolute Gasteiger partial charge is 0.356 e. The normalized spacial score (nSPS) is 20.4. The Morgan fingerprint density at radius 3 is 2.67 bits per heavy atom. The van der Waals surface area contributed by atoms with Crippen LogP contribution in [0.25, 0.3) is 0 Å². The number of nitrogens with zero attached hydrogens (tertiary/aromatic N) is 2. The van der Waals surface area contributed by atoms with Gasteiger partial charge in [0.1, 0.15) is 0 Å². The van der Waals surface area contributed by atoms with Gasteiger partial charge in [0.05, 0.1) is 5.92 Å². The molecule has 27 heavy (non-hydrogen) atoms. The Kier molecular flexibility index (Phi) is 8.29. The molecule has 1 aliphatic rings. The number of carbonyl (C=O) groups is 2. The number of rotatable bonds is 9. The molecule has 0 aromatic heterocycles. The number of likely N-dealkylation sites (tertiary alicyclic amines) is 1. The third-order valence-electron chi connectivity index (χ3n) is 5.27. The second-order valence-corrected chi connectivity index (χ2v) is 8.19. The molecule has 1 aromatic rings. The van der Waals surface area contributed by atoms with Crippen molar-refractivity contribution in [3.8, 4) is 0 Å². The molecule has 1 N–H and O–H groups in total. The first kappa shape index (κ1) is 21.4. The molecule has 0 aliphatic carbocycles. The fourth-order valence-corrected chi connectivity index (χ4v) is 3.79. The van der Waals surface area contributed by atoms with Crippen LogP contribution >= 0.6 is 0 Å². The standard InChI is InChI=1S/C22H35N3O2/c1-17(2)15-25-18(3)20(11-12-21(25)26)22(27)23-13-8-14-24(4)16-19-9-6-5-7-10-19/h5-7,9-10,17-18,20H,8,11-16H2,1-4H3,(H,23,27)/t18-,20-/m1/s1. The van der Waals surface area contributed by atoms with Crippen molar-refractivity contribution in [1.29, 1.82) is 0 Å². The highest BCUT2D eigenvalue weighted by Crippen LogP contribution is 2.25. The molecule has 2 amide bonds. The van der Waals surface area contributed by atoms with E-state index in [2.05, 4.69) is 55.4 Å². The zero-order chi connectivity index (χ0) is 19.8. The summed E-state index contributed by atoms with van der Waals surface area (Å²) in [7, 11) is 2.10. The summed E-state index contributed by atoms with van der Waals surface area (Å²) in [5.74, 6) is 0.596. The van der Waals surface area contributed by atoms with Crippen molar-refractivity contribution < 1.29 is 9.59 Å². The van der Waals surface area contributed by atoms with E-state index < -0.39 is 0 Å². The van der Waals surface area contributed by atoms with Crippen molar-refractivity contribution in [2.75, 3.05) is 26.7 Å². The first-order valence-corrected chi connectivity index (χ1v) is 10.2. The highest BCUT2D eigenvalue weighted by atomic mass is 16.2. The fraction of sp³-hybridized carbons (Fsp3) is 0.636. The first-order chi connectivity index (χ1) is 12.9. The molecule has 0 spiro atoms. The van der Waals surface area contributed by atoms with Crippen molar-refractivity contribution in [3.63, 3.8) is 0 Å². The van der Waals surface area contributed by atoms with Gasteiger partial charge in [-0.15, -0.1) is 0 Å². The molecule has 150 valence electrons. The summed E-state index contributed by atoms with van der Waals surface area (Å²) in [5, 5.41) is 3.09. The highest BCUT2D eigenvalue weighted by Gasteiger charge is 2.36. The van der Waals surface area contributed by atoms with Crippen molar-refractivity contribution >= 4 is 11.8 Å². The van der Waals surface area contributed by atoms with E-state index >= 15 is 0 Å².